The van der Waals surface area contributed by atoms with Crippen molar-refractivity contribution in [2.75, 3.05) is 18.4 Å². The fourth-order valence-corrected chi connectivity index (χ4v) is 5.77. The molecule has 1 saturated heterocycles. The molecule has 1 aliphatic carbocycles. The van der Waals surface area contributed by atoms with Crippen molar-refractivity contribution in [3.63, 3.8) is 0 Å². The van der Waals surface area contributed by atoms with Crippen molar-refractivity contribution in [2.24, 2.45) is 11.8 Å². The van der Waals surface area contributed by atoms with Gasteiger partial charge in [0.2, 0.25) is 0 Å². The van der Waals surface area contributed by atoms with Crippen molar-refractivity contribution in [1.29, 1.82) is 0 Å². The predicted octanol–water partition coefficient (Wildman–Crippen LogP) is 5.21. The number of nitrogens with zero attached hydrogens (tertiary/aromatic N) is 4. The van der Waals surface area contributed by atoms with Gasteiger partial charge in [-0.05, 0) is 62.9 Å². The van der Waals surface area contributed by atoms with Gasteiger partial charge in [-0.25, -0.2) is 4.98 Å². The summed E-state index contributed by atoms with van der Waals surface area (Å²) >= 11 is 0. The number of likely N-dealkylation sites (N-methyl/N-ethyl adjacent to an activating group) is 1. The van der Waals surface area contributed by atoms with E-state index in [2.05, 4.69) is 90.3 Å². The number of aromatic nitrogens is 3. The van der Waals surface area contributed by atoms with E-state index < -0.39 is 0 Å². The first-order valence-electron chi connectivity index (χ1n) is 12.2. The molecule has 6 heteroatoms. The molecule has 0 radical (unpaired) electrons. The number of anilines is 2. The lowest BCUT2D eigenvalue weighted by atomic mass is 9.83. The first-order chi connectivity index (χ1) is 15.4. The van der Waals surface area contributed by atoms with Gasteiger partial charge in [0.15, 0.2) is 5.82 Å². The summed E-state index contributed by atoms with van der Waals surface area (Å²) in [6.45, 7) is 14.7. The Bertz CT molecular complexity index is 1050. The molecule has 32 heavy (non-hydrogen) atoms. The van der Waals surface area contributed by atoms with Crippen molar-refractivity contribution in [3.05, 3.63) is 53.0 Å². The Hall–Kier alpha value is -2.60. The molecule has 0 amide bonds. The second kappa shape index (κ2) is 8.39. The molecule has 2 aromatic heterocycles. The average molecular weight is 435 g/mol. The molecule has 0 spiro atoms. The van der Waals surface area contributed by atoms with E-state index in [4.69, 9.17) is 4.98 Å². The second-order valence-corrected chi connectivity index (χ2v) is 9.96. The SMILES string of the molecule is CCN1CCc2nc(Nc3cc(C4=CC(C)C5CC(C)N(C(C)C)C5=C4)[nH]n3)ccc2C1.[HH]. The van der Waals surface area contributed by atoms with Crippen LogP contribution < -0.4 is 5.32 Å². The molecule has 172 valence electrons. The Balaban J connectivity index is 0.00000259. The van der Waals surface area contributed by atoms with Crippen LogP contribution in [0.1, 0.15) is 59.4 Å². The lowest BCUT2D eigenvalue weighted by Gasteiger charge is -2.33. The number of hydrogen-bond acceptors (Lipinski definition) is 5. The predicted molar refractivity (Wildman–Crippen MR) is 133 cm³/mol. The standard InChI is InChI=1S/C26H36N6.H2/c1-6-31-10-9-22-19(15-31)7-8-25(27-22)28-26-14-23(29-30-26)20-11-17(4)21-12-18(5)32(16(2)3)24(21)13-20;/h7-8,11,13-14,16-18,21H,6,9-10,12,15H2,1-5H3,(H2,27,28,29,30);1H. The van der Waals surface area contributed by atoms with E-state index in [1.165, 1.54) is 28.9 Å². The highest BCUT2D eigenvalue weighted by Gasteiger charge is 2.39. The molecule has 0 bridgehead atoms. The van der Waals surface area contributed by atoms with E-state index in [-0.39, 0.29) is 1.43 Å². The fourth-order valence-electron chi connectivity index (χ4n) is 5.77. The molecule has 0 aromatic carbocycles. The Kier molecular flexibility index (Phi) is 5.58. The van der Waals surface area contributed by atoms with Crippen LogP contribution in [0.2, 0.25) is 0 Å². The van der Waals surface area contributed by atoms with Crippen LogP contribution in [-0.2, 0) is 13.0 Å². The molecule has 3 unspecified atom stereocenters. The summed E-state index contributed by atoms with van der Waals surface area (Å²) in [4.78, 5) is 9.92. The van der Waals surface area contributed by atoms with E-state index in [1.807, 2.05) is 0 Å². The van der Waals surface area contributed by atoms with Crippen LogP contribution in [0.3, 0.4) is 0 Å². The Morgan fingerprint density at radius 3 is 2.88 bits per heavy atom. The quantitative estimate of drug-likeness (QED) is 0.677. The number of hydrogen-bond donors (Lipinski definition) is 2. The number of H-pyrrole nitrogens is 1. The number of allylic oxidation sites excluding steroid dienone is 4. The van der Waals surface area contributed by atoms with Crippen molar-refractivity contribution in [3.8, 4) is 0 Å². The summed E-state index contributed by atoms with van der Waals surface area (Å²) in [5, 5.41) is 11.2. The van der Waals surface area contributed by atoms with Gasteiger partial charge in [0.1, 0.15) is 5.82 Å². The minimum Gasteiger partial charge on any atom is -0.369 e. The molecule has 2 aliphatic heterocycles. The first kappa shape index (κ1) is 21.3. The van der Waals surface area contributed by atoms with E-state index in [9.17, 15) is 0 Å². The number of pyridine rings is 1. The summed E-state index contributed by atoms with van der Waals surface area (Å²) in [6.07, 6.45) is 7.03. The fraction of sp³-hybridized carbons (Fsp3) is 0.538. The van der Waals surface area contributed by atoms with Gasteiger partial charge >= 0.3 is 0 Å². The summed E-state index contributed by atoms with van der Waals surface area (Å²) in [5.41, 5.74) is 6.33. The molecule has 6 nitrogen and oxygen atoms in total. The second-order valence-electron chi connectivity index (χ2n) is 9.96. The summed E-state index contributed by atoms with van der Waals surface area (Å²) < 4.78 is 0. The lowest BCUT2D eigenvalue weighted by Crippen LogP contribution is -2.33. The van der Waals surface area contributed by atoms with Gasteiger partial charge in [-0.2, -0.15) is 5.10 Å². The Morgan fingerprint density at radius 2 is 2.09 bits per heavy atom. The van der Waals surface area contributed by atoms with Gasteiger partial charge in [-0.1, -0.05) is 26.0 Å². The first-order valence-corrected chi connectivity index (χ1v) is 12.2. The van der Waals surface area contributed by atoms with Crippen LogP contribution in [0.25, 0.3) is 5.57 Å². The number of likely N-dealkylation sites (tertiary alicyclic amines) is 1. The maximum absolute atomic E-state index is 4.87. The molecular formula is C26H38N6. The number of aromatic amines is 1. The minimum atomic E-state index is 0. The molecule has 3 atom stereocenters. The van der Waals surface area contributed by atoms with E-state index in [0.717, 1.165) is 43.4 Å². The van der Waals surface area contributed by atoms with Crippen LogP contribution in [0.5, 0.6) is 0 Å². The molecule has 3 aliphatic rings. The van der Waals surface area contributed by atoms with Gasteiger partial charge in [-0.15, -0.1) is 0 Å². The normalized spacial score (nSPS) is 25.4. The van der Waals surface area contributed by atoms with Crippen molar-refractivity contribution in [1.82, 2.24) is 25.0 Å². The van der Waals surface area contributed by atoms with Gasteiger partial charge in [-0.3, -0.25) is 10.00 Å². The van der Waals surface area contributed by atoms with Crippen LogP contribution in [0.15, 0.2) is 36.0 Å². The average Bonchev–Trinajstić information content (AvgIpc) is 3.37. The third-order valence-corrected chi connectivity index (χ3v) is 7.40. The zero-order valence-corrected chi connectivity index (χ0v) is 20.0. The molecule has 5 rings (SSSR count). The van der Waals surface area contributed by atoms with Crippen LogP contribution >= 0.6 is 0 Å². The van der Waals surface area contributed by atoms with Gasteiger partial charge in [0.25, 0.3) is 0 Å². The molecule has 2 N–H and O–H groups in total. The minimum absolute atomic E-state index is 0. The van der Waals surface area contributed by atoms with Crippen LogP contribution in [-0.4, -0.2) is 50.2 Å². The van der Waals surface area contributed by atoms with Crippen LogP contribution in [0.4, 0.5) is 11.6 Å². The Labute approximate surface area is 193 Å². The molecular weight excluding hydrogens is 396 g/mol. The zero-order valence-electron chi connectivity index (χ0n) is 20.0. The highest BCUT2D eigenvalue weighted by atomic mass is 15.2. The van der Waals surface area contributed by atoms with Gasteiger partial charge in [0.05, 0.1) is 5.69 Å². The van der Waals surface area contributed by atoms with E-state index in [1.54, 1.807) is 0 Å². The highest BCUT2D eigenvalue weighted by Crippen LogP contribution is 2.44. The summed E-state index contributed by atoms with van der Waals surface area (Å²) in [6, 6.07) is 7.50. The van der Waals surface area contributed by atoms with Gasteiger partial charge in [0, 0.05) is 56.4 Å². The number of nitrogens with one attached hydrogen (secondary N) is 2. The van der Waals surface area contributed by atoms with Crippen LogP contribution in [0, 0.1) is 11.8 Å². The Morgan fingerprint density at radius 1 is 1.25 bits per heavy atom. The maximum Gasteiger partial charge on any atom is 0.153 e. The lowest BCUT2D eigenvalue weighted by molar-refractivity contribution is 0.254. The number of rotatable bonds is 5. The zero-order chi connectivity index (χ0) is 22.4. The monoisotopic (exact) mass is 434 g/mol. The summed E-state index contributed by atoms with van der Waals surface area (Å²) in [5.74, 6) is 2.83. The third-order valence-electron chi connectivity index (χ3n) is 7.40. The van der Waals surface area contributed by atoms with E-state index in [0.29, 0.717) is 23.9 Å². The largest absolute Gasteiger partial charge is 0.369 e. The number of fused-ring (bicyclic) bond motifs is 2. The molecule has 1 fully saturated rings. The van der Waals surface area contributed by atoms with E-state index >= 15 is 0 Å². The molecule has 0 saturated carbocycles. The topological polar surface area (TPSA) is 60.1 Å². The summed E-state index contributed by atoms with van der Waals surface area (Å²) in [7, 11) is 0. The maximum atomic E-state index is 4.87. The smallest absolute Gasteiger partial charge is 0.153 e. The highest BCUT2D eigenvalue weighted by molar-refractivity contribution is 5.76. The van der Waals surface area contributed by atoms with Crippen molar-refractivity contribution >= 4 is 17.2 Å². The third kappa shape index (κ3) is 3.85. The van der Waals surface area contributed by atoms with Gasteiger partial charge < -0.3 is 10.2 Å². The van der Waals surface area contributed by atoms with Crippen molar-refractivity contribution in [2.45, 2.75) is 66.1 Å². The van der Waals surface area contributed by atoms with Crippen molar-refractivity contribution < 1.29 is 1.43 Å². The molecule has 4 heterocycles. The molecule has 2 aromatic rings.